The van der Waals surface area contributed by atoms with E-state index in [9.17, 15) is 22.0 Å². The van der Waals surface area contributed by atoms with Gasteiger partial charge in [0.25, 0.3) is 0 Å². The Kier molecular flexibility index (Phi) is 6.65. The molecule has 0 aliphatic carbocycles. The fraction of sp³-hybridized carbons (Fsp3) is 0.333. The third-order valence-corrected chi connectivity index (χ3v) is 6.63. The van der Waals surface area contributed by atoms with Gasteiger partial charge in [-0.1, -0.05) is 31.5 Å². The second-order valence-corrected chi connectivity index (χ2v) is 9.36. The Morgan fingerprint density at radius 1 is 0.789 bits per heavy atom. The molecule has 0 radical (unpaired) electrons. The molecule has 3 aromatic carbocycles. The van der Waals surface area contributed by atoms with E-state index in [1.54, 1.807) is 0 Å². The average Bonchev–Trinajstić information content (AvgIpc) is 2.90. The molecule has 202 valence electrons. The molecule has 3 saturated heterocycles. The molecule has 38 heavy (non-hydrogen) atoms. The lowest BCUT2D eigenvalue weighted by molar-refractivity contribution is -0.481. The first-order chi connectivity index (χ1) is 18.0. The number of fused-ring (bicyclic) bond motifs is 3. The highest BCUT2D eigenvalue weighted by Crippen LogP contribution is 2.47. The summed E-state index contributed by atoms with van der Waals surface area (Å²) >= 11 is 0. The lowest BCUT2D eigenvalue weighted by Gasteiger charge is -2.51. The summed E-state index contributed by atoms with van der Waals surface area (Å²) < 4.78 is 121. The van der Waals surface area contributed by atoms with Crippen LogP contribution in [-0.2, 0) is 26.3 Å². The Bertz CT molecular complexity index is 1310. The van der Waals surface area contributed by atoms with Crippen LogP contribution in [0.3, 0.4) is 0 Å². The Hall–Kier alpha value is -3.15. The Morgan fingerprint density at radius 3 is 1.92 bits per heavy atom. The summed E-state index contributed by atoms with van der Waals surface area (Å²) in [6.07, 6.45) is -2.42. The van der Waals surface area contributed by atoms with Crippen molar-refractivity contribution in [2.45, 2.75) is 31.8 Å². The van der Waals surface area contributed by atoms with Gasteiger partial charge in [-0.2, -0.15) is 8.78 Å². The van der Waals surface area contributed by atoms with Crippen LogP contribution in [0.15, 0.2) is 48.5 Å². The Labute approximate surface area is 212 Å². The topological polar surface area (TPSA) is 36.9 Å². The summed E-state index contributed by atoms with van der Waals surface area (Å²) in [5.74, 6) is -10.6. The van der Waals surface area contributed by atoms with Crippen LogP contribution in [0.2, 0.25) is 0 Å². The summed E-state index contributed by atoms with van der Waals surface area (Å²) in [6, 6.07) is 6.99. The molecule has 3 fully saturated rings. The number of halogens is 7. The van der Waals surface area contributed by atoms with Gasteiger partial charge in [0.05, 0.1) is 30.9 Å². The lowest BCUT2D eigenvalue weighted by Crippen LogP contribution is -2.58. The van der Waals surface area contributed by atoms with E-state index in [4.69, 9.17) is 14.2 Å². The summed E-state index contributed by atoms with van der Waals surface area (Å²) in [5.41, 5.74) is -1.54. The highest BCUT2D eigenvalue weighted by atomic mass is 19.3. The molecule has 3 heterocycles. The van der Waals surface area contributed by atoms with E-state index in [0.29, 0.717) is 0 Å². The van der Waals surface area contributed by atoms with Gasteiger partial charge in [0, 0.05) is 23.1 Å². The molecular weight excluding hydrogens is 521 g/mol. The number of hydrogen-bond acceptors (Lipinski definition) is 4. The van der Waals surface area contributed by atoms with E-state index in [-0.39, 0.29) is 54.1 Å². The van der Waals surface area contributed by atoms with Crippen molar-refractivity contribution in [3.8, 4) is 16.9 Å². The van der Waals surface area contributed by atoms with Crippen molar-refractivity contribution in [2.75, 3.05) is 19.8 Å². The number of hydrogen-bond donors (Lipinski definition) is 0. The largest absolute Gasteiger partial charge is 0.429 e. The minimum atomic E-state index is -4.08. The summed E-state index contributed by atoms with van der Waals surface area (Å²) in [5, 5.41) is 0. The van der Waals surface area contributed by atoms with E-state index in [0.717, 1.165) is 37.1 Å². The Balaban J connectivity index is 1.37. The monoisotopic (exact) mass is 542 g/mol. The van der Waals surface area contributed by atoms with Gasteiger partial charge in [0.2, 0.25) is 0 Å². The first kappa shape index (κ1) is 26.5. The third kappa shape index (κ3) is 4.52. The fourth-order valence-corrected chi connectivity index (χ4v) is 4.63. The zero-order chi connectivity index (χ0) is 27.3. The van der Waals surface area contributed by atoms with E-state index in [1.807, 2.05) is 6.92 Å². The average molecular weight is 542 g/mol. The van der Waals surface area contributed by atoms with Crippen LogP contribution in [0.4, 0.5) is 30.7 Å². The molecule has 0 N–H and O–H groups in total. The second-order valence-electron chi connectivity index (χ2n) is 9.36. The van der Waals surface area contributed by atoms with Crippen LogP contribution in [0, 0.1) is 34.5 Å². The summed E-state index contributed by atoms with van der Waals surface area (Å²) in [7, 11) is 0. The molecule has 2 bridgehead atoms. The highest BCUT2D eigenvalue weighted by Gasteiger charge is 2.54. The number of benzene rings is 3. The highest BCUT2D eigenvalue weighted by molar-refractivity contribution is 5.65. The molecule has 0 spiro atoms. The van der Waals surface area contributed by atoms with E-state index in [1.165, 1.54) is 12.1 Å². The van der Waals surface area contributed by atoms with Crippen LogP contribution in [0.25, 0.3) is 11.1 Å². The molecule has 0 aromatic heterocycles. The van der Waals surface area contributed by atoms with Crippen molar-refractivity contribution in [2.24, 2.45) is 5.41 Å². The molecule has 3 aromatic rings. The Morgan fingerprint density at radius 2 is 1.37 bits per heavy atom. The second kappa shape index (κ2) is 9.55. The van der Waals surface area contributed by atoms with Gasteiger partial charge < -0.3 is 18.9 Å². The molecule has 4 nitrogen and oxygen atoms in total. The molecule has 0 amide bonds. The first-order valence-electron chi connectivity index (χ1n) is 11.7. The van der Waals surface area contributed by atoms with Crippen molar-refractivity contribution < 1.29 is 49.7 Å². The van der Waals surface area contributed by atoms with E-state index >= 15 is 8.78 Å². The van der Waals surface area contributed by atoms with Crippen LogP contribution >= 0.6 is 0 Å². The van der Waals surface area contributed by atoms with Gasteiger partial charge in [-0.3, -0.25) is 0 Å². The predicted molar refractivity (Wildman–Crippen MR) is 120 cm³/mol. The van der Waals surface area contributed by atoms with Gasteiger partial charge in [0.1, 0.15) is 5.75 Å². The van der Waals surface area contributed by atoms with Crippen LogP contribution in [-0.4, -0.2) is 19.8 Å². The molecule has 3 aliphatic rings. The third-order valence-electron chi connectivity index (χ3n) is 6.63. The molecule has 0 saturated carbocycles. The SMILES string of the molecule is CCCC12COC(c3ccc(-c4ccc(C(F)(F)Oc5cc(F)c(F)c(F)c5)cc4)c(F)c3F)(OC1)OC2. The maximum Gasteiger partial charge on any atom is 0.426 e. The van der Waals surface area contributed by atoms with Crippen molar-refractivity contribution in [1.82, 2.24) is 0 Å². The summed E-state index contributed by atoms with van der Waals surface area (Å²) in [6.45, 7) is 2.79. The maximum absolute atomic E-state index is 15.2. The normalized spacial score (nSPS) is 23.1. The minimum absolute atomic E-state index is 0.0564. The first-order valence-corrected chi connectivity index (χ1v) is 11.7. The van der Waals surface area contributed by atoms with Crippen LogP contribution in [0.5, 0.6) is 5.75 Å². The van der Waals surface area contributed by atoms with E-state index < -0.39 is 52.5 Å². The predicted octanol–water partition coefficient (Wildman–Crippen LogP) is 7.15. The van der Waals surface area contributed by atoms with Crippen molar-refractivity contribution in [3.63, 3.8) is 0 Å². The lowest BCUT2D eigenvalue weighted by atomic mass is 9.83. The molecule has 3 aliphatic heterocycles. The molecule has 0 unspecified atom stereocenters. The van der Waals surface area contributed by atoms with Crippen molar-refractivity contribution in [1.29, 1.82) is 0 Å². The zero-order valence-electron chi connectivity index (χ0n) is 19.9. The number of rotatable bonds is 7. The van der Waals surface area contributed by atoms with Gasteiger partial charge in [0.15, 0.2) is 29.1 Å². The van der Waals surface area contributed by atoms with Gasteiger partial charge in [-0.25, -0.2) is 22.0 Å². The number of alkyl halides is 2. The standard InChI is InChI=1S/C27H21F7O4/c1-2-9-25-12-35-27(36-13-25,37-14-25)19-8-7-18(22(30)23(19)31)15-3-5-16(6-4-15)26(33,34)38-17-10-20(28)24(32)21(29)11-17/h3-8,10-11H,2,9,12-14H2,1H3. The smallest absolute Gasteiger partial charge is 0.426 e. The molecule has 11 heteroatoms. The molecule has 0 atom stereocenters. The molecule has 6 rings (SSSR count). The van der Waals surface area contributed by atoms with E-state index in [2.05, 4.69) is 4.74 Å². The summed E-state index contributed by atoms with van der Waals surface area (Å²) in [4.78, 5) is 0. The van der Waals surface area contributed by atoms with Gasteiger partial charge >= 0.3 is 12.1 Å². The quantitative estimate of drug-likeness (QED) is 0.235. The minimum Gasteiger partial charge on any atom is -0.429 e. The fourth-order valence-electron chi connectivity index (χ4n) is 4.63. The number of ether oxygens (including phenoxy) is 4. The maximum atomic E-state index is 15.2. The van der Waals surface area contributed by atoms with Crippen molar-refractivity contribution >= 4 is 0 Å². The van der Waals surface area contributed by atoms with Crippen LogP contribution in [0.1, 0.15) is 30.9 Å². The van der Waals surface area contributed by atoms with Gasteiger partial charge in [-0.15, -0.1) is 0 Å². The van der Waals surface area contributed by atoms with Crippen molar-refractivity contribution in [3.05, 3.63) is 88.7 Å². The van der Waals surface area contributed by atoms with Gasteiger partial charge in [-0.05, 0) is 30.2 Å². The molecular formula is C27H21F7O4. The zero-order valence-corrected chi connectivity index (χ0v) is 19.9. The van der Waals surface area contributed by atoms with Crippen LogP contribution < -0.4 is 4.74 Å².